The van der Waals surface area contributed by atoms with Crippen LogP contribution in [0.1, 0.15) is 78.8 Å². The zero-order chi connectivity index (χ0) is 18.9. The van der Waals surface area contributed by atoms with E-state index in [9.17, 15) is 4.79 Å². The number of amides is 1. The molecule has 0 N–H and O–H groups in total. The van der Waals surface area contributed by atoms with Crippen LogP contribution in [0.25, 0.3) is 0 Å². The van der Waals surface area contributed by atoms with Gasteiger partial charge in [0.05, 0.1) is 12.2 Å². The molecule has 0 atom stereocenters. The quantitative estimate of drug-likeness (QED) is 0.693. The first-order chi connectivity index (χ1) is 12.3. The van der Waals surface area contributed by atoms with E-state index in [1.54, 1.807) is 18.3 Å². The highest BCUT2D eigenvalue weighted by Crippen LogP contribution is 2.39. The molecule has 0 aliphatic heterocycles. The molecule has 0 bridgehead atoms. The summed E-state index contributed by atoms with van der Waals surface area (Å²) >= 11 is 1.73. The van der Waals surface area contributed by atoms with Gasteiger partial charge in [0.25, 0.3) is 0 Å². The van der Waals surface area contributed by atoms with E-state index >= 15 is 0 Å². The lowest BCUT2D eigenvalue weighted by Crippen LogP contribution is -2.42. The number of aromatic nitrogens is 1. The number of thiazole rings is 1. The van der Waals surface area contributed by atoms with E-state index < -0.39 is 0 Å². The van der Waals surface area contributed by atoms with Gasteiger partial charge in [-0.25, -0.2) is 4.98 Å². The van der Waals surface area contributed by atoms with Crippen molar-refractivity contribution < 1.29 is 4.79 Å². The Hall–Kier alpha value is -1.10. The van der Waals surface area contributed by atoms with Crippen LogP contribution in [-0.2, 0) is 11.3 Å². The summed E-state index contributed by atoms with van der Waals surface area (Å²) in [5.74, 6) is 0.961. The monoisotopic (exact) mass is 377 g/mol. The van der Waals surface area contributed by atoms with Crippen molar-refractivity contribution in [2.75, 3.05) is 11.4 Å². The fourth-order valence-electron chi connectivity index (χ4n) is 4.36. The largest absolute Gasteiger partial charge is 0.345 e. The molecular formula is C21H35N3OS. The van der Waals surface area contributed by atoms with Crippen LogP contribution in [0.15, 0.2) is 5.38 Å². The number of rotatable bonds is 6. The summed E-state index contributed by atoms with van der Waals surface area (Å²) in [5.41, 5.74) is 1.43. The van der Waals surface area contributed by atoms with Gasteiger partial charge in [0.2, 0.25) is 5.91 Å². The molecule has 2 aliphatic carbocycles. The molecule has 2 aliphatic rings. The van der Waals surface area contributed by atoms with Crippen molar-refractivity contribution in [3.05, 3.63) is 11.1 Å². The van der Waals surface area contributed by atoms with Crippen molar-refractivity contribution >= 4 is 22.4 Å². The van der Waals surface area contributed by atoms with Gasteiger partial charge in [-0.15, -0.1) is 11.3 Å². The summed E-state index contributed by atoms with van der Waals surface area (Å²) in [6.07, 6.45) is 7.29. The Morgan fingerprint density at radius 1 is 1.15 bits per heavy atom. The van der Waals surface area contributed by atoms with E-state index in [0.717, 1.165) is 36.1 Å². The highest BCUT2D eigenvalue weighted by molar-refractivity contribution is 7.13. The molecular weight excluding hydrogens is 342 g/mol. The van der Waals surface area contributed by atoms with E-state index in [1.165, 1.54) is 25.7 Å². The second-order valence-electron chi connectivity index (χ2n) is 9.16. The number of carbonyl (C=O) groups excluding carboxylic acids is 1. The summed E-state index contributed by atoms with van der Waals surface area (Å²) < 4.78 is 0. The van der Waals surface area contributed by atoms with Gasteiger partial charge >= 0.3 is 0 Å². The first-order valence-electron chi connectivity index (χ1n) is 10.3. The molecule has 0 unspecified atom stereocenters. The van der Waals surface area contributed by atoms with Crippen LogP contribution in [-0.4, -0.2) is 34.4 Å². The third-order valence-corrected chi connectivity index (χ3v) is 7.14. The minimum Gasteiger partial charge on any atom is -0.345 e. The fourth-order valence-corrected chi connectivity index (χ4v) is 5.31. The van der Waals surface area contributed by atoms with E-state index in [0.29, 0.717) is 24.0 Å². The maximum absolute atomic E-state index is 12.3. The highest BCUT2D eigenvalue weighted by atomic mass is 32.1. The van der Waals surface area contributed by atoms with Crippen molar-refractivity contribution in [3.63, 3.8) is 0 Å². The van der Waals surface area contributed by atoms with Crippen LogP contribution in [0.4, 0.5) is 5.13 Å². The number of hydrogen-bond acceptors (Lipinski definition) is 4. The number of carbonyl (C=O) groups is 1. The van der Waals surface area contributed by atoms with Crippen LogP contribution < -0.4 is 4.90 Å². The highest BCUT2D eigenvalue weighted by Gasteiger charge is 2.33. The zero-order valence-corrected chi connectivity index (χ0v) is 17.9. The minimum atomic E-state index is 0.188. The summed E-state index contributed by atoms with van der Waals surface area (Å²) in [7, 11) is 0. The molecule has 1 aromatic heterocycles. The van der Waals surface area contributed by atoms with Gasteiger partial charge in [-0.2, -0.15) is 0 Å². The predicted octanol–water partition coefficient (Wildman–Crippen LogP) is 5.09. The lowest BCUT2D eigenvalue weighted by atomic mass is 9.71. The molecule has 1 aromatic rings. The van der Waals surface area contributed by atoms with E-state index in [2.05, 4.69) is 42.9 Å². The first kappa shape index (κ1) is 19.7. The van der Waals surface area contributed by atoms with Gasteiger partial charge in [0.1, 0.15) is 0 Å². The second-order valence-corrected chi connectivity index (χ2v) is 9.99. The Labute approximate surface area is 163 Å². The Morgan fingerprint density at radius 2 is 1.77 bits per heavy atom. The first-order valence-corrected chi connectivity index (χ1v) is 11.2. The van der Waals surface area contributed by atoms with Gasteiger partial charge in [-0.05, 0) is 56.8 Å². The Kier molecular flexibility index (Phi) is 5.95. The molecule has 0 aromatic carbocycles. The molecule has 5 heteroatoms. The van der Waals surface area contributed by atoms with Crippen LogP contribution in [0, 0.1) is 11.3 Å². The van der Waals surface area contributed by atoms with Crippen molar-refractivity contribution in [2.24, 2.45) is 11.3 Å². The summed E-state index contributed by atoms with van der Waals surface area (Å²) in [6, 6.07) is 1.07. The number of hydrogen-bond donors (Lipinski definition) is 0. The molecule has 0 radical (unpaired) electrons. The molecule has 2 saturated carbocycles. The Balaban J connectivity index is 1.63. The molecule has 4 nitrogen and oxygen atoms in total. The van der Waals surface area contributed by atoms with E-state index in [4.69, 9.17) is 4.98 Å². The summed E-state index contributed by atoms with van der Waals surface area (Å²) in [4.78, 5) is 21.7. The molecule has 0 spiro atoms. The van der Waals surface area contributed by atoms with Gasteiger partial charge < -0.3 is 9.80 Å². The van der Waals surface area contributed by atoms with Gasteiger partial charge in [-0.1, -0.05) is 20.8 Å². The normalized spacial score (nSPS) is 23.7. The average molecular weight is 378 g/mol. The molecule has 1 amide bonds. The van der Waals surface area contributed by atoms with Crippen LogP contribution in [0.2, 0.25) is 0 Å². The second kappa shape index (κ2) is 7.87. The van der Waals surface area contributed by atoms with Crippen molar-refractivity contribution in [2.45, 2.75) is 91.8 Å². The molecule has 146 valence electrons. The average Bonchev–Trinajstić information content (AvgIpc) is 3.31. The zero-order valence-electron chi connectivity index (χ0n) is 17.1. The molecule has 3 rings (SSSR count). The predicted molar refractivity (Wildman–Crippen MR) is 110 cm³/mol. The minimum absolute atomic E-state index is 0.188. The Morgan fingerprint density at radius 3 is 2.27 bits per heavy atom. The van der Waals surface area contributed by atoms with Gasteiger partial charge in [0.15, 0.2) is 5.13 Å². The molecule has 0 saturated heterocycles. The van der Waals surface area contributed by atoms with E-state index in [1.807, 2.05) is 0 Å². The molecule has 26 heavy (non-hydrogen) atoms. The maximum Gasteiger partial charge on any atom is 0.220 e. The number of nitrogens with zero attached hydrogens (tertiary/aromatic N) is 3. The van der Waals surface area contributed by atoms with Crippen molar-refractivity contribution in [3.8, 4) is 0 Å². The smallest absolute Gasteiger partial charge is 0.220 e. The van der Waals surface area contributed by atoms with Crippen molar-refractivity contribution in [1.29, 1.82) is 0 Å². The summed E-state index contributed by atoms with van der Waals surface area (Å²) in [5, 5.41) is 3.28. The third kappa shape index (κ3) is 4.59. The fraction of sp³-hybridized carbons (Fsp3) is 0.810. The van der Waals surface area contributed by atoms with Gasteiger partial charge in [0, 0.05) is 30.9 Å². The van der Waals surface area contributed by atoms with E-state index in [-0.39, 0.29) is 5.91 Å². The number of anilines is 1. The SMILES string of the molecule is CCN(c1nc(CN(C(C)=O)C2CCC(C(C)(C)C)CC2)cs1)C1CC1. The maximum atomic E-state index is 12.3. The summed E-state index contributed by atoms with van der Waals surface area (Å²) in [6.45, 7) is 12.6. The Bertz CT molecular complexity index is 609. The standard InChI is InChI=1S/C21H35N3OS/c1-6-23(18-11-12-18)20-22-17(14-26-20)13-24(15(2)25)19-9-7-16(8-10-19)21(3,4)5/h14,16,18-19H,6-13H2,1-5H3. The topological polar surface area (TPSA) is 36.4 Å². The molecule has 1 heterocycles. The third-order valence-electron chi connectivity index (χ3n) is 6.21. The molecule has 2 fully saturated rings. The van der Waals surface area contributed by atoms with Crippen LogP contribution >= 0.6 is 11.3 Å². The van der Waals surface area contributed by atoms with Crippen LogP contribution in [0.3, 0.4) is 0 Å². The van der Waals surface area contributed by atoms with Gasteiger partial charge in [-0.3, -0.25) is 4.79 Å². The lowest BCUT2D eigenvalue weighted by molar-refractivity contribution is -0.133. The lowest BCUT2D eigenvalue weighted by Gasteiger charge is -2.40. The van der Waals surface area contributed by atoms with Crippen molar-refractivity contribution in [1.82, 2.24) is 9.88 Å². The van der Waals surface area contributed by atoms with Crippen LogP contribution in [0.5, 0.6) is 0 Å².